The number of fused-ring (bicyclic) bond motifs is 2. The van der Waals surface area contributed by atoms with Gasteiger partial charge in [0.15, 0.2) is 8.32 Å². The van der Waals surface area contributed by atoms with Crippen LogP contribution in [0.4, 0.5) is 4.79 Å². The molecule has 0 radical (unpaired) electrons. The number of carbonyl (C=O) groups is 2. The Morgan fingerprint density at radius 1 is 0.878 bits per heavy atom. The lowest BCUT2D eigenvalue weighted by Gasteiger charge is -2.38. The number of amides is 3. The van der Waals surface area contributed by atoms with Gasteiger partial charge in [-0.15, -0.1) is 0 Å². The van der Waals surface area contributed by atoms with Gasteiger partial charge in [0.2, 0.25) is 5.91 Å². The Morgan fingerprint density at radius 3 is 1.88 bits per heavy atom. The highest BCUT2D eigenvalue weighted by Crippen LogP contribution is 2.39. The first kappa shape index (κ1) is 30.8. The Labute approximate surface area is 247 Å². The Bertz CT molecular complexity index is 1290. The average Bonchev–Trinajstić information content (AvgIpc) is 3.06. The lowest BCUT2D eigenvalue weighted by Crippen LogP contribution is -2.58. The molecule has 1 saturated heterocycles. The number of carbonyl (C=O) groups excluding carboxylic acids is 2. The minimum absolute atomic E-state index is 0.00356. The summed E-state index contributed by atoms with van der Waals surface area (Å²) in [5.41, 5.74) is 7.13. The molecule has 0 aromatic heterocycles. The molecule has 4 rings (SSSR count). The van der Waals surface area contributed by atoms with Crippen LogP contribution in [0.2, 0.25) is 18.1 Å². The molecule has 2 N–H and O–H groups in total. The van der Waals surface area contributed by atoms with Gasteiger partial charge in [-0.1, -0.05) is 87.0 Å². The molecule has 0 bridgehead atoms. The van der Waals surface area contributed by atoms with Crippen LogP contribution in [-0.2, 0) is 9.22 Å². The average molecular weight is 574 g/mol. The molecular weight excluding hydrogens is 526 g/mol. The molecule has 7 heteroatoms. The number of likely N-dealkylation sites (tertiary alicyclic amines) is 1. The summed E-state index contributed by atoms with van der Waals surface area (Å²) in [6.07, 6.45) is 5.95. The number of nitrogens with zero attached hydrogens (tertiary/aromatic N) is 1. The van der Waals surface area contributed by atoms with E-state index in [9.17, 15) is 9.59 Å². The number of piperidine rings is 1. The van der Waals surface area contributed by atoms with Gasteiger partial charge >= 0.3 is 6.03 Å². The van der Waals surface area contributed by atoms with Crippen molar-refractivity contribution < 1.29 is 14.0 Å². The Morgan fingerprint density at radius 2 is 1.39 bits per heavy atom. The van der Waals surface area contributed by atoms with Crippen LogP contribution in [0.1, 0.15) is 76.6 Å². The van der Waals surface area contributed by atoms with Crippen molar-refractivity contribution in [1.82, 2.24) is 15.5 Å². The zero-order valence-electron chi connectivity index (χ0n) is 26.1. The lowest BCUT2D eigenvalue weighted by atomic mass is 9.86. The third kappa shape index (κ3) is 7.38. The zero-order chi connectivity index (χ0) is 30.0. The van der Waals surface area contributed by atoms with E-state index in [0.717, 1.165) is 12.8 Å². The highest BCUT2D eigenvalue weighted by Gasteiger charge is 2.39. The van der Waals surface area contributed by atoms with Gasteiger partial charge in [-0.2, -0.15) is 0 Å². The second kappa shape index (κ2) is 12.0. The summed E-state index contributed by atoms with van der Waals surface area (Å²) in [5, 5.41) is 6.05. The second-order valence-corrected chi connectivity index (χ2v) is 18.6. The molecule has 2 aliphatic rings. The predicted octanol–water partition coefficient (Wildman–Crippen LogP) is 7.08. The predicted molar refractivity (Wildman–Crippen MR) is 172 cm³/mol. The van der Waals surface area contributed by atoms with E-state index in [1.807, 2.05) is 25.7 Å². The molecule has 41 heavy (non-hydrogen) atoms. The number of rotatable bonds is 5. The van der Waals surface area contributed by atoms with E-state index in [2.05, 4.69) is 105 Å². The van der Waals surface area contributed by atoms with E-state index in [1.54, 1.807) is 0 Å². The van der Waals surface area contributed by atoms with E-state index < -0.39 is 19.9 Å². The summed E-state index contributed by atoms with van der Waals surface area (Å²) in [6, 6.07) is 16.1. The van der Waals surface area contributed by atoms with Crippen molar-refractivity contribution in [3.8, 4) is 0 Å². The number of hydrogen-bond donors (Lipinski definition) is 2. The van der Waals surface area contributed by atoms with Gasteiger partial charge in [0.05, 0.1) is 6.61 Å². The minimum atomic E-state index is -2.11. The van der Waals surface area contributed by atoms with Crippen molar-refractivity contribution in [1.29, 1.82) is 0 Å². The first-order valence-electron chi connectivity index (χ1n) is 14.8. The summed E-state index contributed by atoms with van der Waals surface area (Å²) >= 11 is 0. The fraction of sp³-hybridized carbons (Fsp3) is 0.471. The Hall–Kier alpha value is -3.16. The van der Waals surface area contributed by atoms with Gasteiger partial charge in [0.25, 0.3) is 0 Å². The Kier molecular flexibility index (Phi) is 9.00. The van der Waals surface area contributed by atoms with Gasteiger partial charge in [0, 0.05) is 18.6 Å². The number of hydrogen-bond acceptors (Lipinski definition) is 3. The van der Waals surface area contributed by atoms with Crippen molar-refractivity contribution in [3.63, 3.8) is 0 Å². The van der Waals surface area contributed by atoms with E-state index in [4.69, 9.17) is 4.43 Å². The molecular formula is C34H47N3O3Si. The summed E-state index contributed by atoms with van der Waals surface area (Å²) in [7, 11) is -2.11. The van der Waals surface area contributed by atoms with Gasteiger partial charge in [-0.25, -0.2) is 4.79 Å². The van der Waals surface area contributed by atoms with E-state index in [0.29, 0.717) is 13.1 Å². The molecule has 1 heterocycles. The minimum Gasteiger partial charge on any atom is -0.414 e. The van der Waals surface area contributed by atoms with E-state index in [-0.39, 0.29) is 23.6 Å². The van der Waals surface area contributed by atoms with Crippen LogP contribution in [0.25, 0.3) is 17.7 Å². The second-order valence-electron chi connectivity index (χ2n) is 13.8. The van der Waals surface area contributed by atoms with Crippen LogP contribution in [0.5, 0.6) is 0 Å². The Balaban J connectivity index is 1.52. The van der Waals surface area contributed by atoms with Gasteiger partial charge in [0.1, 0.15) is 6.04 Å². The van der Waals surface area contributed by atoms with Crippen molar-refractivity contribution >= 4 is 38.0 Å². The normalized spacial score (nSPS) is 16.4. The maximum atomic E-state index is 13.5. The third-order valence-electron chi connectivity index (χ3n) is 8.44. The highest BCUT2D eigenvalue weighted by atomic mass is 28.4. The molecule has 0 saturated carbocycles. The molecule has 6 nitrogen and oxygen atoms in total. The van der Waals surface area contributed by atoms with Gasteiger partial charge < -0.3 is 20.0 Å². The van der Waals surface area contributed by atoms with Crippen molar-refractivity contribution in [2.75, 3.05) is 19.7 Å². The lowest BCUT2D eigenvalue weighted by molar-refractivity contribution is -0.125. The zero-order valence-corrected chi connectivity index (χ0v) is 27.1. The van der Waals surface area contributed by atoms with Crippen molar-refractivity contribution in [2.45, 2.75) is 84.1 Å². The fourth-order valence-corrected chi connectivity index (χ4v) is 6.08. The molecule has 1 fully saturated rings. The number of nitrogens with one attached hydrogen (secondary N) is 2. The summed E-state index contributed by atoms with van der Waals surface area (Å²) < 4.78 is 6.39. The monoisotopic (exact) mass is 573 g/mol. The molecule has 1 atom stereocenters. The number of benzene rings is 2. The largest absolute Gasteiger partial charge is 0.414 e. The molecule has 0 spiro atoms. The molecule has 1 aliphatic carbocycles. The molecule has 220 valence electrons. The third-order valence-corrected chi connectivity index (χ3v) is 12.9. The van der Waals surface area contributed by atoms with E-state index >= 15 is 0 Å². The van der Waals surface area contributed by atoms with Crippen LogP contribution in [0.15, 0.2) is 54.1 Å². The van der Waals surface area contributed by atoms with Gasteiger partial charge in [-0.05, 0) is 79.6 Å². The van der Waals surface area contributed by atoms with Crippen molar-refractivity contribution in [3.05, 3.63) is 76.4 Å². The smallest absolute Gasteiger partial charge is 0.318 e. The first-order chi connectivity index (χ1) is 19.2. The molecule has 3 amide bonds. The quantitative estimate of drug-likeness (QED) is 0.320. The molecule has 1 unspecified atom stereocenters. The fourth-order valence-electron chi connectivity index (χ4n) is 5.06. The van der Waals surface area contributed by atoms with Crippen LogP contribution in [0, 0.1) is 0 Å². The highest BCUT2D eigenvalue weighted by molar-refractivity contribution is 6.74. The summed E-state index contributed by atoms with van der Waals surface area (Å²) in [4.78, 5) is 28.6. The molecule has 1 aliphatic heterocycles. The summed E-state index contributed by atoms with van der Waals surface area (Å²) in [6.45, 7) is 18.0. The topological polar surface area (TPSA) is 70.7 Å². The van der Waals surface area contributed by atoms with Crippen LogP contribution in [0.3, 0.4) is 0 Å². The van der Waals surface area contributed by atoms with E-state index in [1.165, 1.54) is 33.4 Å². The first-order valence-corrected chi connectivity index (χ1v) is 17.7. The van der Waals surface area contributed by atoms with Crippen LogP contribution >= 0.6 is 0 Å². The van der Waals surface area contributed by atoms with Crippen molar-refractivity contribution in [2.24, 2.45) is 0 Å². The van der Waals surface area contributed by atoms with Crippen LogP contribution in [-0.4, -0.2) is 56.4 Å². The van der Waals surface area contributed by atoms with Crippen LogP contribution < -0.4 is 10.6 Å². The standard InChI is InChI=1S/C34H47N3O3Si/c1-33(2,3)36-31(38)29(23-40-41(7,8)34(4,5)6)35-32(39)37-21-19-26(20-22-37)30-27-15-11-9-13-24(27)17-18-25-14-10-12-16-28(25)30/h9-18,29H,19-23H2,1-8H3,(H,35,39)(H,36,38). The maximum absolute atomic E-state index is 13.5. The molecule has 2 aromatic carbocycles. The maximum Gasteiger partial charge on any atom is 0.318 e. The SMILES string of the molecule is CC(C)(C)NC(=O)C(CO[Si](C)(C)C(C)(C)C)NC(=O)N1CCC(=C2c3ccccc3C=Cc3ccccc32)CC1. The molecule has 2 aromatic rings. The van der Waals surface area contributed by atoms with Gasteiger partial charge in [-0.3, -0.25) is 4.79 Å². The number of urea groups is 1. The summed E-state index contributed by atoms with van der Waals surface area (Å²) in [5.74, 6) is -0.219.